The number of quaternary nitrogens is 1. The lowest BCUT2D eigenvalue weighted by molar-refractivity contribution is -0.928. The monoisotopic (exact) mass is 456 g/mol. The molecule has 1 saturated carbocycles. The molecule has 1 aromatic heterocycles. The Hall–Kier alpha value is -0.590. The van der Waals surface area contributed by atoms with Crippen molar-refractivity contribution in [3.8, 4) is 0 Å². The average Bonchev–Trinajstić information content (AvgIpc) is 3.31. The van der Waals surface area contributed by atoms with E-state index in [1.807, 2.05) is 11.3 Å². The van der Waals surface area contributed by atoms with Crippen LogP contribution < -0.4 is 17.0 Å². The van der Waals surface area contributed by atoms with Gasteiger partial charge in [-0.2, -0.15) is 0 Å². The van der Waals surface area contributed by atoms with E-state index >= 15 is 0 Å². The van der Waals surface area contributed by atoms with E-state index in [0.29, 0.717) is 12.0 Å². The van der Waals surface area contributed by atoms with E-state index in [2.05, 4.69) is 31.0 Å². The van der Waals surface area contributed by atoms with E-state index < -0.39 is 0 Å². The van der Waals surface area contributed by atoms with E-state index in [4.69, 9.17) is 4.74 Å². The third-order valence-electron chi connectivity index (χ3n) is 6.87. The van der Waals surface area contributed by atoms with Crippen molar-refractivity contribution < 1.29 is 31.0 Å². The average molecular weight is 457 g/mol. The molecule has 2 bridgehead atoms. The Morgan fingerprint density at radius 2 is 1.85 bits per heavy atom. The molecule has 152 valence electrons. The van der Waals surface area contributed by atoms with Crippen molar-refractivity contribution in [2.75, 3.05) is 26.7 Å². The molecule has 1 amide bonds. The van der Waals surface area contributed by atoms with Crippen molar-refractivity contribution >= 4 is 17.4 Å². The highest BCUT2D eigenvalue weighted by molar-refractivity contribution is 7.11. The van der Waals surface area contributed by atoms with Crippen LogP contribution in [0.1, 0.15) is 55.2 Å². The molecule has 1 atom stereocenters. The number of thiophene rings is 1. The summed E-state index contributed by atoms with van der Waals surface area (Å²) in [6, 6.07) is 4.76. The van der Waals surface area contributed by atoms with Crippen LogP contribution in [-0.2, 0) is 17.7 Å². The van der Waals surface area contributed by atoms with Gasteiger partial charge in [0.25, 0.3) is 0 Å². The largest absolute Gasteiger partial charge is 1.00 e. The summed E-state index contributed by atoms with van der Waals surface area (Å²) >= 11 is 1.84. The summed E-state index contributed by atoms with van der Waals surface area (Å²) in [7, 11) is 2.32. The zero-order chi connectivity index (χ0) is 18.1. The zero-order valence-corrected chi connectivity index (χ0v) is 19.1. The minimum atomic E-state index is -0.0614. The summed E-state index contributed by atoms with van der Waals surface area (Å²) in [4.78, 5) is 17.9. The van der Waals surface area contributed by atoms with Crippen LogP contribution in [-0.4, -0.2) is 54.3 Å². The van der Waals surface area contributed by atoms with Gasteiger partial charge in [-0.05, 0) is 31.4 Å². The van der Waals surface area contributed by atoms with Crippen molar-refractivity contribution in [3.63, 3.8) is 0 Å². The Morgan fingerprint density at radius 3 is 2.44 bits per heavy atom. The second-order valence-corrected chi connectivity index (χ2v) is 10.0. The number of nitrogens with zero attached hydrogens (tertiary/aromatic N) is 2. The van der Waals surface area contributed by atoms with Crippen molar-refractivity contribution in [2.45, 2.75) is 70.6 Å². The van der Waals surface area contributed by atoms with Crippen LogP contribution in [0.15, 0.2) is 12.1 Å². The van der Waals surface area contributed by atoms with Gasteiger partial charge in [0.1, 0.15) is 6.54 Å². The van der Waals surface area contributed by atoms with Crippen molar-refractivity contribution in [2.24, 2.45) is 5.92 Å². The van der Waals surface area contributed by atoms with E-state index in [1.54, 1.807) is 0 Å². The number of hydrogen-bond donors (Lipinski definition) is 0. The molecule has 4 heterocycles. The van der Waals surface area contributed by atoms with Gasteiger partial charge in [0.05, 0.1) is 26.7 Å². The lowest BCUT2D eigenvalue weighted by Crippen LogP contribution is -3.00. The highest BCUT2D eigenvalue weighted by Crippen LogP contribution is 2.35. The third-order valence-corrected chi connectivity index (χ3v) is 8.08. The molecule has 0 radical (unpaired) electrons. The number of carbonyl (C=O) groups is 1. The first-order valence-corrected chi connectivity index (χ1v) is 11.3. The summed E-state index contributed by atoms with van der Waals surface area (Å²) in [5.74, 6) is 0.581. The number of aryl methyl sites for hydroxylation is 1. The summed E-state index contributed by atoms with van der Waals surface area (Å²) in [6.07, 6.45) is 8.28. The third kappa shape index (κ3) is 4.70. The van der Waals surface area contributed by atoms with Gasteiger partial charge in [-0.3, -0.25) is 0 Å². The highest BCUT2D eigenvalue weighted by atomic mass is 79.9. The van der Waals surface area contributed by atoms with Gasteiger partial charge < -0.3 is 31.1 Å². The van der Waals surface area contributed by atoms with E-state index in [0.717, 1.165) is 36.8 Å². The second kappa shape index (κ2) is 8.83. The molecule has 3 aliphatic heterocycles. The lowest BCUT2D eigenvalue weighted by atomic mass is 9.84. The number of rotatable bonds is 5. The Bertz CT molecular complexity index is 636. The molecular weight excluding hydrogens is 424 g/mol. The van der Waals surface area contributed by atoms with Gasteiger partial charge in [-0.25, -0.2) is 4.79 Å². The Kier molecular flexibility index (Phi) is 6.91. The van der Waals surface area contributed by atoms with Crippen LogP contribution in [0.5, 0.6) is 0 Å². The van der Waals surface area contributed by atoms with Crippen molar-refractivity contribution in [1.29, 1.82) is 0 Å². The number of fused-ring (bicyclic) bond motifs is 3. The molecule has 4 nitrogen and oxygen atoms in total. The van der Waals surface area contributed by atoms with Crippen LogP contribution in [0.25, 0.3) is 0 Å². The van der Waals surface area contributed by atoms with Crippen LogP contribution in [0.4, 0.5) is 4.79 Å². The SMILES string of the molecule is CCc1ccc(CN(C(=O)O[C@H]2C[N+]3(C)CCC2CC3)C2CCCC2)s1.[Br-]. The molecule has 0 N–H and O–H groups in total. The maximum atomic E-state index is 13.2. The number of piperidine rings is 3. The Labute approximate surface area is 178 Å². The Balaban J connectivity index is 0.00000210. The molecule has 1 aliphatic carbocycles. The molecule has 0 aromatic carbocycles. The topological polar surface area (TPSA) is 29.5 Å². The summed E-state index contributed by atoms with van der Waals surface area (Å²) in [5.41, 5.74) is 0. The van der Waals surface area contributed by atoms with Gasteiger partial charge in [-0.15, -0.1) is 11.3 Å². The Morgan fingerprint density at radius 1 is 1.19 bits per heavy atom. The standard InChI is InChI=1S/C21H33N2O2S.BrH/c1-3-18-8-9-19(26-18)14-22(17-6-4-5-7-17)21(24)25-20-15-23(2)12-10-16(20)11-13-23;/h8-9,16-17,20H,3-7,10-15H2,1-2H3;1H/q+1;/p-1/t16?,20-,23?;/m0./s1. The number of likely N-dealkylation sites (N-methyl/N-ethyl adjacent to an activating group) is 1. The minimum Gasteiger partial charge on any atom is -1.00 e. The molecule has 6 heteroatoms. The van der Waals surface area contributed by atoms with Crippen molar-refractivity contribution in [3.05, 3.63) is 21.9 Å². The lowest BCUT2D eigenvalue weighted by Gasteiger charge is -2.50. The first-order valence-electron chi connectivity index (χ1n) is 10.4. The number of halogens is 1. The van der Waals surface area contributed by atoms with Crippen LogP contribution in [0, 0.1) is 5.92 Å². The molecule has 3 saturated heterocycles. The summed E-state index contributed by atoms with van der Waals surface area (Å²) < 4.78 is 7.23. The normalized spacial score (nSPS) is 30.1. The summed E-state index contributed by atoms with van der Waals surface area (Å²) in [6.45, 7) is 6.42. The fraction of sp³-hybridized carbons (Fsp3) is 0.762. The smallest absolute Gasteiger partial charge is 0.410 e. The number of ether oxygens (including phenoxy) is 1. The van der Waals surface area contributed by atoms with Crippen LogP contribution in [0.3, 0.4) is 0 Å². The van der Waals surface area contributed by atoms with Gasteiger partial charge >= 0.3 is 6.09 Å². The molecule has 4 aliphatic rings. The second-order valence-electron chi connectivity index (χ2n) is 8.80. The van der Waals surface area contributed by atoms with Gasteiger partial charge in [-0.1, -0.05) is 19.8 Å². The molecule has 0 unspecified atom stereocenters. The number of amides is 1. The van der Waals surface area contributed by atoms with Gasteiger partial charge in [0.2, 0.25) is 0 Å². The molecule has 4 fully saturated rings. The molecule has 5 rings (SSSR count). The van der Waals surface area contributed by atoms with Gasteiger partial charge in [0, 0.05) is 34.6 Å². The predicted molar refractivity (Wildman–Crippen MR) is 105 cm³/mol. The van der Waals surface area contributed by atoms with Crippen molar-refractivity contribution in [1.82, 2.24) is 4.90 Å². The molecule has 27 heavy (non-hydrogen) atoms. The van der Waals surface area contributed by atoms with E-state index in [9.17, 15) is 4.79 Å². The van der Waals surface area contributed by atoms with E-state index in [1.165, 1.54) is 48.5 Å². The maximum Gasteiger partial charge on any atom is 0.410 e. The quantitative estimate of drug-likeness (QED) is 0.627. The number of carbonyl (C=O) groups excluding carboxylic acids is 1. The fourth-order valence-electron chi connectivity index (χ4n) is 5.10. The van der Waals surface area contributed by atoms with Crippen LogP contribution in [0.2, 0.25) is 0 Å². The fourth-order valence-corrected chi connectivity index (χ4v) is 6.06. The minimum absolute atomic E-state index is 0. The highest BCUT2D eigenvalue weighted by Gasteiger charge is 2.46. The molecule has 0 spiro atoms. The van der Waals surface area contributed by atoms with Gasteiger partial charge in [0.15, 0.2) is 6.10 Å². The molecule has 1 aromatic rings. The maximum absolute atomic E-state index is 13.2. The first-order chi connectivity index (χ1) is 12.6. The summed E-state index contributed by atoms with van der Waals surface area (Å²) in [5, 5.41) is 0. The zero-order valence-electron chi connectivity index (χ0n) is 16.7. The predicted octanol–water partition coefficient (Wildman–Crippen LogP) is 1.43. The number of hydrogen-bond acceptors (Lipinski definition) is 3. The van der Waals surface area contributed by atoms with Crippen LogP contribution >= 0.6 is 11.3 Å². The first kappa shape index (κ1) is 21.1. The van der Waals surface area contributed by atoms with E-state index in [-0.39, 0.29) is 29.2 Å². The molecular formula is C21H33BrN2O2S.